The number of ether oxygens (including phenoxy) is 2. The summed E-state index contributed by atoms with van der Waals surface area (Å²) in [6.45, 7) is 4.53. The Balaban J connectivity index is 1.51. The van der Waals surface area contributed by atoms with E-state index in [1.54, 1.807) is 12.4 Å². The molecule has 3 aromatic rings. The molecule has 1 fully saturated rings. The summed E-state index contributed by atoms with van der Waals surface area (Å²) < 4.78 is 53.8. The van der Waals surface area contributed by atoms with Gasteiger partial charge < -0.3 is 9.47 Å². The maximum atomic E-state index is 14.5. The van der Waals surface area contributed by atoms with Gasteiger partial charge in [0, 0.05) is 18.8 Å². The number of hydrogen-bond acceptors (Lipinski definition) is 6. The Kier molecular flexibility index (Phi) is 9.12. The molecule has 0 radical (unpaired) electrons. The first kappa shape index (κ1) is 28.4. The number of hydrogen-bond donors (Lipinski definition) is 0. The average Bonchev–Trinajstić information content (AvgIpc) is 2.91. The molecule has 2 heterocycles. The molecule has 0 amide bonds. The smallest absolute Gasteiger partial charge is 0.307 e. The first-order valence-electron chi connectivity index (χ1n) is 12.9. The number of aromatic nitrogens is 2. The summed E-state index contributed by atoms with van der Waals surface area (Å²) in [6.07, 6.45) is 5.14. The Morgan fingerprint density at radius 2 is 1.67 bits per heavy atom. The number of carbonyl (C=O) groups is 2. The third-order valence-corrected chi connectivity index (χ3v) is 7.34. The van der Waals surface area contributed by atoms with E-state index in [4.69, 9.17) is 4.74 Å². The Labute approximate surface area is 225 Å². The molecule has 39 heavy (non-hydrogen) atoms. The van der Waals surface area contributed by atoms with Crippen LogP contribution in [0, 0.1) is 29.3 Å². The summed E-state index contributed by atoms with van der Waals surface area (Å²) in [5.74, 6) is -2.99. The second kappa shape index (κ2) is 12.5. The van der Waals surface area contributed by atoms with Gasteiger partial charge in [-0.2, -0.15) is 0 Å². The fourth-order valence-corrected chi connectivity index (χ4v) is 5.53. The minimum Gasteiger partial charge on any atom is -0.469 e. The Morgan fingerprint density at radius 3 is 2.33 bits per heavy atom. The molecule has 1 aromatic carbocycles. The molecule has 4 rings (SSSR count). The molecule has 6 nitrogen and oxygen atoms in total. The van der Waals surface area contributed by atoms with E-state index in [1.165, 1.54) is 19.2 Å². The fraction of sp³-hybridized carbons (Fsp3) is 0.400. The van der Waals surface area contributed by atoms with Crippen molar-refractivity contribution in [2.45, 2.75) is 51.6 Å². The molecule has 9 heteroatoms. The van der Waals surface area contributed by atoms with Crippen molar-refractivity contribution in [1.82, 2.24) is 9.97 Å². The van der Waals surface area contributed by atoms with Crippen molar-refractivity contribution < 1.29 is 32.2 Å². The van der Waals surface area contributed by atoms with E-state index in [0.717, 1.165) is 42.2 Å². The van der Waals surface area contributed by atoms with Crippen molar-refractivity contribution in [3.8, 4) is 11.3 Å². The van der Waals surface area contributed by atoms with Gasteiger partial charge in [0.15, 0.2) is 5.78 Å². The van der Waals surface area contributed by atoms with Crippen molar-refractivity contribution in [1.29, 1.82) is 0 Å². The van der Waals surface area contributed by atoms with Crippen molar-refractivity contribution >= 4 is 11.8 Å². The molecule has 206 valence electrons. The summed E-state index contributed by atoms with van der Waals surface area (Å²) in [5.41, 5.74) is 0.471. The van der Waals surface area contributed by atoms with E-state index >= 15 is 0 Å². The number of nitrogens with zero attached hydrogens (tertiary/aromatic N) is 2. The largest absolute Gasteiger partial charge is 0.469 e. The number of methoxy groups -OCH3 is 1. The molecule has 0 spiro atoms. The molecule has 0 aliphatic heterocycles. The van der Waals surface area contributed by atoms with Crippen LogP contribution in [0.25, 0.3) is 11.3 Å². The lowest BCUT2D eigenvalue weighted by molar-refractivity contribution is -0.143. The highest BCUT2D eigenvalue weighted by Gasteiger charge is 2.35. The highest BCUT2D eigenvalue weighted by molar-refractivity contribution is 5.96. The highest BCUT2D eigenvalue weighted by Crippen LogP contribution is 2.42. The van der Waals surface area contributed by atoms with Crippen LogP contribution in [0.1, 0.15) is 60.6 Å². The second-order valence-electron chi connectivity index (χ2n) is 10.1. The minimum atomic E-state index is -0.964. The van der Waals surface area contributed by atoms with Crippen LogP contribution < -0.4 is 0 Å². The number of halogens is 3. The van der Waals surface area contributed by atoms with Crippen molar-refractivity contribution in [2.75, 3.05) is 13.7 Å². The van der Waals surface area contributed by atoms with Gasteiger partial charge in [0.2, 0.25) is 0 Å². The first-order chi connectivity index (χ1) is 18.7. The molecular formula is C30H31F3N2O4. The second-order valence-corrected chi connectivity index (χ2v) is 10.1. The zero-order valence-corrected chi connectivity index (χ0v) is 22.1. The van der Waals surface area contributed by atoms with Crippen LogP contribution in [0.2, 0.25) is 0 Å². The van der Waals surface area contributed by atoms with E-state index in [0.29, 0.717) is 6.61 Å². The van der Waals surface area contributed by atoms with E-state index in [-0.39, 0.29) is 48.4 Å². The van der Waals surface area contributed by atoms with E-state index < -0.39 is 34.5 Å². The van der Waals surface area contributed by atoms with Gasteiger partial charge in [-0.3, -0.25) is 14.6 Å². The molecule has 2 aromatic heterocycles. The number of ketones is 1. The summed E-state index contributed by atoms with van der Waals surface area (Å²) in [5, 5.41) is 0. The molecule has 0 saturated heterocycles. The molecular weight excluding hydrogens is 509 g/mol. The highest BCUT2D eigenvalue weighted by atomic mass is 19.1. The van der Waals surface area contributed by atoms with E-state index in [2.05, 4.69) is 28.6 Å². The summed E-state index contributed by atoms with van der Waals surface area (Å²) >= 11 is 0. The van der Waals surface area contributed by atoms with Gasteiger partial charge in [0.1, 0.15) is 28.8 Å². The maximum Gasteiger partial charge on any atom is 0.307 e. The van der Waals surface area contributed by atoms with E-state index in [9.17, 15) is 22.8 Å². The number of pyridine rings is 2. The topological polar surface area (TPSA) is 78.4 Å². The average molecular weight is 541 g/mol. The number of carbonyl (C=O) groups excluding carboxylic acids is 2. The lowest BCUT2D eigenvalue weighted by atomic mass is 9.71. The van der Waals surface area contributed by atoms with Crippen molar-refractivity contribution in [3.05, 3.63) is 83.1 Å². The Morgan fingerprint density at radius 1 is 0.974 bits per heavy atom. The predicted octanol–water partition coefficient (Wildman–Crippen LogP) is 6.08. The number of rotatable bonds is 9. The number of Topliss-reactive ketones (excluding diaryl/α,β-unsaturated/α-hetero) is 1. The fourth-order valence-electron chi connectivity index (χ4n) is 5.53. The van der Waals surface area contributed by atoms with Gasteiger partial charge >= 0.3 is 5.97 Å². The Bertz CT molecular complexity index is 1320. The number of esters is 1. The molecule has 0 N–H and O–H groups in total. The van der Waals surface area contributed by atoms with Gasteiger partial charge in [-0.25, -0.2) is 18.2 Å². The van der Waals surface area contributed by atoms with Gasteiger partial charge in [0.25, 0.3) is 0 Å². The molecule has 4 atom stereocenters. The number of benzene rings is 1. The zero-order valence-electron chi connectivity index (χ0n) is 22.1. The van der Waals surface area contributed by atoms with Crippen molar-refractivity contribution in [2.24, 2.45) is 11.8 Å². The maximum absolute atomic E-state index is 14.5. The summed E-state index contributed by atoms with van der Waals surface area (Å²) in [4.78, 5) is 32.9. The van der Waals surface area contributed by atoms with Crippen LogP contribution in [0.15, 0.2) is 48.8 Å². The van der Waals surface area contributed by atoms with Gasteiger partial charge in [-0.1, -0.05) is 19.9 Å². The summed E-state index contributed by atoms with van der Waals surface area (Å²) in [7, 11) is 1.35. The van der Waals surface area contributed by atoms with Crippen molar-refractivity contribution in [3.63, 3.8) is 0 Å². The SMILES string of the molecule is COC(=O)CCOC1[C@H](C)CC(c2ccncc2CC(=O)c2ccc(F)c(-c3c(F)cccc3F)n2)C[C@@H]1C. The van der Waals surface area contributed by atoms with Crippen LogP contribution in [0.4, 0.5) is 13.2 Å². The first-order valence-corrected chi connectivity index (χ1v) is 12.9. The monoisotopic (exact) mass is 540 g/mol. The normalized spacial score (nSPS) is 21.0. The third-order valence-electron chi connectivity index (χ3n) is 7.34. The van der Waals surface area contributed by atoms with Crippen LogP contribution >= 0.6 is 0 Å². The third kappa shape index (κ3) is 6.53. The minimum absolute atomic E-state index is 0.00145. The molecule has 1 aliphatic carbocycles. The summed E-state index contributed by atoms with van der Waals surface area (Å²) in [6, 6.07) is 7.32. The van der Waals surface area contributed by atoms with Crippen LogP contribution in [-0.4, -0.2) is 41.5 Å². The lowest BCUT2D eigenvalue weighted by Gasteiger charge is -2.39. The van der Waals surface area contributed by atoms with Crippen LogP contribution in [0.5, 0.6) is 0 Å². The zero-order chi connectivity index (χ0) is 28.1. The lowest BCUT2D eigenvalue weighted by Crippen LogP contribution is -2.36. The predicted molar refractivity (Wildman–Crippen MR) is 138 cm³/mol. The van der Waals surface area contributed by atoms with Crippen LogP contribution in [0.3, 0.4) is 0 Å². The molecule has 2 unspecified atom stereocenters. The molecule has 1 aliphatic rings. The van der Waals surface area contributed by atoms with Gasteiger partial charge in [-0.05, 0) is 72.1 Å². The van der Waals surface area contributed by atoms with E-state index in [1.807, 2.05) is 6.07 Å². The Hall–Kier alpha value is -3.59. The standard InChI is InChI=1S/C30H31F3N2O4/c1-17-13-19(14-18(2)30(17)39-12-10-27(37)38-3)21-9-11-34-16-20(21)15-26(36)25-8-7-24(33)29(35-25)28-22(31)5-4-6-23(28)32/h4-9,11,16-19,30H,10,12-15H2,1-3H3/t17-,18+,19?,30?. The van der Waals surface area contributed by atoms with Gasteiger partial charge in [0.05, 0.1) is 31.8 Å². The molecule has 0 bridgehead atoms. The quantitative estimate of drug-likeness (QED) is 0.242. The molecule has 1 saturated carbocycles. The van der Waals surface area contributed by atoms with Gasteiger partial charge in [-0.15, -0.1) is 0 Å². The van der Waals surface area contributed by atoms with Crippen LogP contribution in [-0.2, 0) is 20.7 Å².